The number of ether oxygens (including phenoxy) is 2. The van der Waals surface area contributed by atoms with Crippen LogP contribution in [0.2, 0.25) is 0 Å². The van der Waals surface area contributed by atoms with Gasteiger partial charge in [0.15, 0.2) is 5.79 Å². The van der Waals surface area contributed by atoms with Gasteiger partial charge in [0.1, 0.15) is 6.04 Å². The molecule has 134 valence electrons. The Bertz CT molecular complexity index is 686. The molecule has 1 spiro atoms. The quantitative estimate of drug-likeness (QED) is 0.750. The maximum Gasteiger partial charge on any atom is 0.326 e. The van der Waals surface area contributed by atoms with Gasteiger partial charge in [0, 0.05) is 16.5 Å². The molecule has 2 fully saturated rings. The van der Waals surface area contributed by atoms with E-state index in [0.717, 1.165) is 4.47 Å². The van der Waals surface area contributed by atoms with Crippen LogP contribution in [0.3, 0.4) is 0 Å². The first kappa shape index (κ1) is 17.8. The van der Waals surface area contributed by atoms with Crippen molar-refractivity contribution in [3.63, 3.8) is 0 Å². The second-order valence-electron chi connectivity index (χ2n) is 5.88. The van der Waals surface area contributed by atoms with Crippen molar-refractivity contribution in [3.05, 3.63) is 34.3 Å². The minimum Gasteiger partial charge on any atom is -0.480 e. The van der Waals surface area contributed by atoms with Gasteiger partial charge in [0.2, 0.25) is 5.91 Å². The fourth-order valence-electron chi connectivity index (χ4n) is 2.99. The van der Waals surface area contributed by atoms with Crippen LogP contribution in [0, 0.1) is 0 Å². The molecule has 8 nitrogen and oxygen atoms in total. The molecular weight excluding hydrogens is 396 g/mol. The van der Waals surface area contributed by atoms with E-state index in [-0.39, 0.29) is 19.5 Å². The summed E-state index contributed by atoms with van der Waals surface area (Å²) in [6, 6.07) is 5.64. The Morgan fingerprint density at radius 2 is 1.88 bits per heavy atom. The van der Waals surface area contributed by atoms with E-state index in [1.807, 2.05) is 0 Å². The average Bonchev–Trinajstić information content (AvgIpc) is 3.21. The summed E-state index contributed by atoms with van der Waals surface area (Å²) in [5, 5.41) is 11.9. The van der Waals surface area contributed by atoms with Crippen LogP contribution in [-0.4, -0.2) is 65.9 Å². The number of hydrogen-bond acceptors (Lipinski definition) is 5. The normalized spacial score (nSPS) is 21.5. The van der Waals surface area contributed by atoms with Crippen molar-refractivity contribution in [3.8, 4) is 0 Å². The summed E-state index contributed by atoms with van der Waals surface area (Å²) in [7, 11) is 0. The van der Waals surface area contributed by atoms with E-state index in [1.165, 1.54) is 4.90 Å². The number of aliphatic carboxylic acids is 1. The summed E-state index contributed by atoms with van der Waals surface area (Å²) in [5.74, 6) is -3.07. The van der Waals surface area contributed by atoms with Gasteiger partial charge in [0.25, 0.3) is 5.91 Å². The maximum absolute atomic E-state index is 12.4. The highest BCUT2D eigenvalue weighted by Gasteiger charge is 2.52. The monoisotopic (exact) mass is 412 g/mol. The fraction of sp³-hybridized carbons (Fsp3) is 0.438. The molecule has 1 atom stereocenters. The van der Waals surface area contributed by atoms with Gasteiger partial charge in [0.05, 0.1) is 26.3 Å². The Labute approximate surface area is 152 Å². The van der Waals surface area contributed by atoms with Gasteiger partial charge in [-0.2, -0.15) is 0 Å². The minimum atomic E-state index is -1.12. The Hall–Kier alpha value is -1.97. The van der Waals surface area contributed by atoms with Crippen LogP contribution in [0.25, 0.3) is 0 Å². The predicted octanol–water partition coefficient (Wildman–Crippen LogP) is 0.608. The largest absolute Gasteiger partial charge is 0.480 e. The number of carboxylic acids is 1. The number of carboxylic acid groups (broad SMARTS) is 1. The van der Waals surface area contributed by atoms with Gasteiger partial charge in [-0.05, 0) is 24.3 Å². The zero-order chi connectivity index (χ0) is 18.0. The van der Waals surface area contributed by atoms with E-state index < -0.39 is 29.6 Å². The molecule has 2 saturated heterocycles. The van der Waals surface area contributed by atoms with Crippen LogP contribution < -0.4 is 5.32 Å². The van der Waals surface area contributed by atoms with Crippen molar-refractivity contribution in [2.75, 3.05) is 26.3 Å². The molecule has 0 radical (unpaired) electrons. The molecule has 1 aromatic rings. The van der Waals surface area contributed by atoms with Gasteiger partial charge in [-0.15, -0.1) is 0 Å². The first-order chi connectivity index (χ1) is 11.9. The molecule has 0 aliphatic carbocycles. The molecule has 0 unspecified atom stereocenters. The van der Waals surface area contributed by atoms with Crippen molar-refractivity contribution >= 4 is 33.7 Å². The third-order valence-corrected chi connectivity index (χ3v) is 4.75. The standard InChI is InChI=1S/C16H17BrN2O6/c17-11-3-1-10(2-4-11)14(21)18-8-13(20)19-9-16(24-5-6-25-16)7-12(19)15(22)23/h1-4,12H,5-9H2,(H,18,21)(H,22,23)/t12-/m0/s1. The van der Waals surface area contributed by atoms with Gasteiger partial charge >= 0.3 is 5.97 Å². The second kappa shape index (κ2) is 7.11. The Morgan fingerprint density at radius 1 is 1.24 bits per heavy atom. The summed E-state index contributed by atoms with van der Waals surface area (Å²) < 4.78 is 11.8. The summed E-state index contributed by atoms with van der Waals surface area (Å²) in [6.07, 6.45) is 0.0781. The number of likely N-dealkylation sites (tertiary alicyclic amines) is 1. The molecule has 2 N–H and O–H groups in total. The van der Waals surface area contributed by atoms with Gasteiger partial charge in [-0.3, -0.25) is 9.59 Å². The summed E-state index contributed by atoms with van der Waals surface area (Å²) in [4.78, 5) is 37.1. The van der Waals surface area contributed by atoms with Crippen LogP contribution >= 0.6 is 15.9 Å². The van der Waals surface area contributed by atoms with E-state index in [2.05, 4.69) is 21.2 Å². The lowest BCUT2D eigenvalue weighted by atomic mass is 10.1. The van der Waals surface area contributed by atoms with Crippen LogP contribution in [0.4, 0.5) is 0 Å². The maximum atomic E-state index is 12.4. The first-order valence-corrected chi connectivity index (χ1v) is 8.53. The third kappa shape index (κ3) is 3.83. The fourth-order valence-corrected chi connectivity index (χ4v) is 3.25. The first-order valence-electron chi connectivity index (χ1n) is 7.74. The highest BCUT2D eigenvalue weighted by atomic mass is 79.9. The number of nitrogens with one attached hydrogen (secondary N) is 1. The van der Waals surface area contributed by atoms with Crippen LogP contribution in [0.1, 0.15) is 16.8 Å². The van der Waals surface area contributed by atoms with Crippen molar-refractivity contribution in [1.82, 2.24) is 10.2 Å². The summed E-state index contributed by atoms with van der Waals surface area (Å²) in [6.45, 7) is 0.481. The molecule has 25 heavy (non-hydrogen) atoms. The second-order valence-corrected chi connectivity index (χ2v) is 6.79. The molecule has 0 aromatic heterocycles. The summed E-state index contributed by atoms with van der Waals surface area (Å²) >= 11 is 3.28. The molecule has 1 aromatic carbocycles. The number of rotatable bonds is 4. The molecule has 9 heteroatoms. The Balaban J connectivity index is 1.62. The van der Waals surface area contributed by atoms with Crippen molar-refractivity contribution in [1.29, 1.82) is 0 Å². The topological polar surface area (TPSA) is 105 Å². The number of amides is 2. The SMILES string of the molecule is O=C(NCC(=O)N1CC2(C[C@H]1C(=O)O)OCCO2)c1ccc(Br)cc1. The lowest BCUT2D eigenvalue weighted by Crippen LogP contribution is -2.46. The predicted molar refractivity (Wildman–Crippen MR) is 88.9 cm³/mol. The number of hydrogen-bond donors (Lipinski definition) is 2. The number of benzene rings is 1. The highest BCUT2D eigenvalue weighted by molar-refractivity contribution is 9.10. The molecule has 2 aliphatic rings. The molecule has 0 saturated carbocycles. The van der Waals surface area contributed by atoms with E-state index >= 15 is 0 Å². The van der Waals surface area contributed by atoms with E-state index in [4.69, 9.17) is 9.47 Å². The molecular formula is C16H17BrN2O6. The van der Waals surface area contributed by atoms with E-state index in [1.54, 1.807) is 24.3 Å². The van der Waals surface area contributed by atoms with Gasteiger partial charge < -0.3 is 24.8 Å². The van der Waals surface area contributed by atoms with E-state index in [9.17, 15) is 19.5 Å². The van der Waals surface area contributed by atoms with Crippen LogP contribution in [-0.2, 0) is 19.1 Å². The third-order valence-electron chi connectivity index (χ3n) is 4.22. The minimum absolute atomic E-state index is 0.0386. The average molecular weight is 413 g/mol. The number of carbonyl (C=O) groups is 3. The van der Waals surface area contributed by atoms with Crippen LogP contribution in [0.15, 0.2) is 28.7 Å². The molecule has 3 rings (SSSR count). The number of nitrogens with zero attached hydrogens (tertiary/aromatic N) is 1. The lowest BCUT2D eigenvalue weighted by molar-refractivity contribution is -0.152. The molecule has 0 bridgehead atoms. The molecule has 2 aliphatic heterocycles. The Kier molecular flexibility index (Phi) is 5.07. The summed E-state index contributed by atoms with van der Waals surface area (Å²) in [5.41, 5.74) is 0.408. The number of halogens is 1. The Morgan fingerprint density at radius 3 is 2.48 bits per heavy atom. The smallest absolute Gasteiger partial charge is 0.326 e. The van der Waals surface area contributed by atoms with E-state index in [0.29, 0.717) is 18.8 Å². The zero-order valence-corrected chi connectivity index (χ0v) is 14.8. The highest BCUT2D eigenvalue weighted by Crippen LogP contribution is 2.34. The van der Waals surface area contributed by atoms with Crippen molar-refractivity contribution in [2.24, 2.45) is 0 Å². The number of carbonyl (C=O) groups excluding carboxylic acids is 2. The van der Waals surface area contributed by atoms with Crippen molar-refractivity contribution < 1.29 is 29.0 Å². The van der Waals surface area contributed by atoms with Gasteiger partial charge in [-0.25, -0.2) is 4.79 Å². The molecule has 2 heterocycles. The zero-order valence-electron chi connectivity index (χ0n) is 13.2. The van der Waals surface area contributed by atoms with Crippen molar-refractivity contribution in [2.45, 2.75) is 18.2 Å². The van der Waals surface area contributed by atoms with Gasteiger partial charge in [-0.1, -0.05) is 15.9 Å². The molecule has 2 amide bonds. The van der Waals surface area contributed by atoms with Crippen LogP contribution in [0.5, 0.6) is 0 Å². The lowest BCUT2D eigenvalue weighted by Gasteiger charge is -2.23.